The number of anilines is 1. The smallest absolute Gasteiger partial charge is 0.247 e. The first-order chi connectivity index (χ1) is 10.8. The number of rotatable bonds is 4. The number of nitrogens with zero attached hydrogens (tertiary/aromatic N) is 1. The first kappa shape index (κ1) is 15.7. The molecule has 1 saturated carbocycles. The topological polar surface area (TPSA) is 76.1 Å². The third-order valence-electron chi connectivity index (χ3n) is 4.09. The summed E-state index contributed by atoms with van der Waals surface area (Å²) in [5.74, 6) is -0.128. The fourth-order valence-corrected chi connectivity index (χ4v) is 4.40. The number of aryl methyl sites for hydroxylation is 2. The molecule has 1 fully saturated rings. The fourth-order valence-electron chi connectivity index (χ4n) is 2.52. The number of amides is 1. The molecule has 1 aromatic carbocycles. The van der Waals surface area contributed by atoms with E-state index in [1.54, 1.807) is 36.4 Å². The number of benzene rings is 1. The van der Waals surface area contributed by atoms with E-state index in [0.29, 0.717) is 18.7 Å². The molecule has 1 heterocycles. The molecule has 6 heteroatoms. The lowest BCUT2D eigenvalue weighted by atomic mass is 10.2. The average molecular weight is 330 g/mol. The molecule has 0 radical (unpaired) electrons. The molecule has 0 atom stereocenters. The fraction of sp³-hybridized carbons (Fsp3) is 0.294. The van der Waals surface area contributed by atoms with Gasteiger partial charge in [0, 0.05) is 5.69 Å². The maximum absolute atomic E-state index is 12.8. The van der Waals surface area contributed by atoms with Gasteiger partial charge in [0.15, 0.2) is 14.6 Å². The van der Waals surface area contributed by atoms with Crippen LogP contribution in [0.2, 0.25) is 0 Å². The van der Waals surface area contributed by atoms with Gasteiger partial charge in [-0.2, -0.15) is 0 Å². The second kappa shape index (κ2) is 5.45. The summed E-state index contributed by atoms with van der Waals surface area (Å²) in [6, 6.07) is 11.8. The SMILES string of the molecule is Cc1ccc(S(=O)(=O)C2(C(=O)Nc3cccc(C)n3)CC2)cc1. The Balaban J connectivity index is 1.89. The predicted molar refractivity (Wildman–Crippen MR) is 87.9 cm³/mol. The van der Waals surface area contributed by atoms with E-state index >= 15 is 0 Å². The van der Waals surface area contributed by atoms with Crippen LogP contribution in [-0.4, -0.2) is 24.1 Å². The number of hydrogen-bond acceptors (Lipinski definition) is 4. The summed E-state index contributed by atoms with van der Waals surface area (Å²) in [6.07, 6.45) is 0.668. The average Bonchev–Trinajstić information content (AvgIpc) is 3.30. The van der Waals surface area contributed by atoms with Crippen LogP contribution in [0.1, 0.15) is 24.1 Å². The van der Waals surface area contributed by atoms with Crippen LogP contribution in [0.5, 0.6) is 0 Å². The van der Waals surface area contributed by atoms with Crippen molar-refractivity contribution in [3.8, 4) is 0 Å². The van der Waals surface area contributed by atoms with Gasteiger partial charge < -0.3 is 5.32 Å². The van der Waals surface area contributed by atoms with Crippen LogP contribution in [0.15, 0.2) is 47.4 Å². The lowest BCUT2D eigenvalue weighted by Gasteiger charge is -2.16. The number of hydrogen-bond donors (Lipinski definition) is 1. The Morgan fingerprint density at radius 2 is 1.74 bits per heavy atom. The maximum atomic E-state index is 12.8. The third-order valence-corrected chi connectivity index (χ3v) is 6.61. The minimum absolute atomic E-state index is 0.188. The summed E-state index contributed by atoms with van der Waals surface area (Å²) in [7, 11) is -3.71. The lowest BCUT2D eigenvalue weighted by Crippen LogP contribution is -2.37. The first-order valence-electron chi connectivity index (χ1n) is 7.42. The lowest BCUT2D eigenvalue weighted by molar-refractivity contribution is -0.116. The number of sulfone groups is 1. The van der Waals surface area contributed by atoms with Crippen LogP contribution in [0.3, 0.4) is 0 Å². The highest BCUT2D eigenvalue weighted by atomic mass is 32.2. The van der Waals surface area contributed by atoms with E-state index in [-0.39, 0.29) is 4.90 Å². The van der Waals surface area contributed by atoms with Gasteiger partial charge in [0.05, 0.1) is 4.90 Å². The summed E-state index contributed by atoms with van der Waals surface area (Å²) < 4.78 is 24.3. The molecular weight excluding hydrogens is 312 g/mol. The van der Waals surface area contributed by atoms with Crippen molar-refractivity contribution in [2.75, 3.05) is 5.32 Å². The Morgan fingerprint density at radius 3 is 2.30 bits per heavy atom. The minimum Gasteiger partial charge on any atom is -0.309 e. The number of aromatic nitrogens is 1. The standard InChI is InChI=1S/C17H18N2O3S/c1-12-6-8-14(9-7-12)23(21,22)17(10-11-17)16(20)19-15-5-3-4-13(2)18-15/h3-9H,10-11H2,1-2H3,(H,18,19,20). The van der Waals surface area contributed by atoms with Crippen LogP contribution in [0.25, 0.3) is 0 Å². The van der Waals surface area contributed by atoms with Gasteiger partial charge in [-0.05, 0) is 51.0 Å². The molecule has 1 aliphatic carbocycles. The molecular formula is C17H18N2O3S. The Labute approximate surface area is 135 Å². The molecule has 1 N–H and O–H groups in total. The Morgan fingerprint density at radius 1 is 1.09 bits per heavy atom. The largest absolute Gasteiger partial charge is 0.309 e. The Kier molecular flexibility index (Phi) is 3.72. The van der Waals surface area contributed by atoms with Crippen molar-refractivity contribution in [2.45, 2.75) is 36.3 Å². The van der Waals surface area contributed by atoms with Crippen LogP contribution in [0, 0.1) is 13.8 Å². The van der Waals surface area contributed by atoms with Crippen molar-refractivity contribution in [3.63, 3.8) is 0 Å². The van der Waals surface area contributed by atoms with Crippen LogP contribution >= 0.6 is 0 Å². The van der Waals surface area contributed by atoms with E-state index in [1.165, 1.54) is 0 Å². The van der Waals surface area contributed by atoms with Gasteiger partial charge in [0.1, 0.15) is 5.82 Å². The Hall–Kier alpha value is -2.21. The molecule has 2 aromatic rings. The van der Waals surface area contributed by atoms with Gasteiger partial charge in [-0.3, -0.25) is 4.79 Å². The monoisotopic (exact) mass is 330 g/mol. The van der Waals surface area contributed by atoms with Crippen LogP contribution in [-0.2, 0) is 14.6 Å². The summed E-state index contributed by atoms with van der Waals surface area (Å²) in [5.41, 5.74) is 1.73. The minimum atomic E-state index is -3.71. The highest BCUT2D eigenvalue weighted by molar-refractivity contribution is 7.94. The first-order valence-corrected chi connectivity index (χ1v) is 8.90. The molecule has 0 bridgehead atoms. The molecule has 1 aromatic heterocycles. The zero-order valence-corrected chi connectivity index (χ0v) is 13.9. The molecule has 0 spiro atoms. The van der Waals surface area contributed by atoms with Gasteiger partial charge in [0.2, 0.25) is 5.91 Å². The van der Waals surface area contributed by atoms with E-state index in [2.05, 4.69) is 10.3 Å². The Bertz CT molecular complexity index is 854. The molecule has 0 aliphatic heterocycles. The van der Waals surface area contributed by atoms with E-state index in [4.69, 9.17) is 0 Å². The summed E-state index contributed by atoms with van der Waals surface area (Å²) in [6.45, 7) is 3.70. The summed E-state index contributed by atoms with van der Waals surface area (Å²) in [5, 5.41) is 2.64. The quantitative estimate of drug-likeness (QED) is 0.935. The molecule has 1 aliphatic rings. The van der Waals surface area contributed by atoms with Crippen LogP contribution in [0.4, 0.5) is 5.82 Å². The third kappa shape index (κ3) is 2.74. The van der Waals surface area contributed by atoms with Gasteiger partial charge in [-0.1, -0.05) is 23.8 Å². The molecule has 3 rings (SSSR count). The predicted octanol–water partition coefficient (Wildman–Crippen LogP) is 2.64. The second-order valence-corrected chi connectivity index (χ2v) is 8.19. The van der Waals surface area contributed by atoms with Gasteiger partial charge in [-0.15, -0.1) is 0 Å². The van der Waals surface area contributed by atoms with Gasteiger partial charge >= 0.3 is 0 Å². The summed E-state index contributed by atoms with van der Waals surface area (Å²) in [4.78, 5) is 16.9. The normalized spacial score (nSPS) is 15.9. The molecule has 1 amide bonds. The van der Waals surface area contributed by atoms with Gasteiger partial charge in [0.25, 0.3) is 0 Å². The van der Waals surface area contributed by atoms with Crippen molar-refractivity contribution in [1.29, 1.82) is 0 Å². The van der Waals surface area contributed by atoms with E-state index in [1.807, 2.05) is 19.9 Å². The molecule has 120 valence electrons. The van der Waals surface area contributed by atoms with Gasteiger partial charge in [-0.25, -0.2) is 13.4 Å². The van der Waals surface area contributed by atoms with E-state index < -0.39 is 20.5 Å². The zero-order chi connectivity index (χ0) is 16.7. The van der Waals surface area contributed by atoms with Crippen molar-refractivity contribution >= 4 is 21.6 Å². The van der Waals surface area contributed by atoms with Crippen molar-refractivity contribution in [1.82, 2.24) is 4.98 Å². The number of nitrogens with one attached hydrogen (secondary N) is 1. The van der Waals surface area contributed by atoms with E-state index in [9.17, 15) is 13.2 Å². The molecule has 0 saturated heterocycles. The maximum Gasteiger partial charge on any atom is 0.247 e. The second-order valence-electron chi connectivity index (χ2n) is 5.93. The number of pyridine rings is 1. The zero-order valence-electron chi connectivity index (χ0n) is 13.0. The molecule has 23 heavy (non-hydrogen) atoms. The number of carbonyl (C=O) groups excluding carboxylic acids is 1. The highest BCUT2D eigenvalue weighted by Crippen LogP contribution is 2.47. The van der Waals surface area contributed by atoms with Crippen molar-refractivity contribution in [3.05, 3.63) is 53.7 Å². The molecule has 5 nitrogen and oxygen atoms in total. The van der Waals surface area contributed by atoms with E-state index in [0.717, 1.165) is 11.3 Å². The van der Waals surface area contributed by atoms with Crippen molar-refractivity contribution in [2.24, 2.45) is 0 Å². The highest BCUT2D eigenvalue weighted by Gasteiger charge is 2.61. The number of carbonyl (C=O) groups is 1. The van der Waals surface area contributed by atoms with Crippen LogP contribution < -0.4 is 5.32 Å². The molecule has 0 unspecified atom stereocenters. The van der Waals surface area contributed by atoms with Crippen molar-refractivity contribution < 1.29 is 13.2 Å². The summed E-state index contributed by atoms with van der Waals surface area (Å²) >= 11 is 0.